The van der Waals surface area contributed by atoms with Gasteiger partial charge in [-0.25, -0.2) is 8.78 Å². The van der Waals surface area contributed by atoms with Crippen LogP contribution in [-0.2, 0) is 11.8 Å². The lowest BCUT2D eigenvalue weighted by molar-refractivity contribution is -0.231. The Kier molecular flexibility index (Phi) is 5.98. The molecule has 2 aromatic carbocycles. The van der Waals surface area contributed by atoms with E-state index in [4.69, 9.17) is 4.74 Å². The van der Waals surface area contributed by atoms with Crippen LogP contribution in [0.15, 0.2) is 24.3 Å². The number of aliphatic hydroxyl groups excluding tert-OH is 1. The topological polar surface area (TPSA) is 38.7 Å². The molecule has 0 spiro atoms. The summed E-state index contributed by atoms with van der Waals surface area (Å²) in [5.41, 5.74) is -5.02. The maximum atomic E-state index is 15.1. The lowest BCUT2D eigenvalue weighted by Crippen LogP contribution is -2.41. The molecule has 186 valence electrons. The molecule has 0 aliphatic heterocycles. The van der Waals surface area contributed by atoms with Gasteiger partial charge in [0.05, 0.1) is 29.8 Å². The molecule has 0 unspecified atom stereocenters. The second-order valence-electron chi connectivity index (χ2n) is 8.35. The molecule has 2 aliphatic carbocycles. The van der Waals surface area contributed by atoms with Crippen LogP contribution in [0.3, 0.4) is 0 Å². The van der Waals surface area contributed by atoms with Crippen molar-refractivity contribution in [3.8, 4) is 22.6 Å². The van der Waals surface area contributed by atoms with E-state index in [-0.39, 0.29) is 32.3 Å². The van der Waals surface area contributed by atoms with E-state index in [9.17, 15) is 35.8 Å². The number of aliphatic hydroxyl groups is 1. The van der Waals surface area contributed by atoms with Crippen LogP contribution in [-0.4, -0.2) is 23.9 Å². The average Bonchev–Trinajstić information content (AvgIpc) is 2.75. The number of rotatable bonds is 5. The Labute approximate surface area is 189 Å². The number of hydrogen-bond acceptors (Lipinski definition) is 3. The molecule has 4 rings (SSSR count). The summed E-state index contributed by atoms with van der Waals surface area (Å²) in [6.45, 7) is 1.31. The average molecular weight is 496 g/mol. The summed E-state index contributed by atoms with van der Waals surface area (Å²) < 4.78 is 128. The summed E-state index contributed by atoms with van der Waals surface area (Å²) in [6.07, 6.45) is -5.00. The van der Waals surface area contributed by atoms with Crippen molar-refractivity contribution in [1.82, 2.24) is 0 Å². The predicted molar refractivity (Wildman–Crippen MR) is 104 cm³/mol. The zero-order chi connectivity index (χ0) is 25.1. The van der Waals surface area contributed by atoms with E-state index in [1.165, 1.54) is 6.92 Å². The third-order valence-corrected chi connectivity index (χ3v) is 6.24. The molecule has 0 bridgehead atoms. The third kappa shape index (κ3) is 3.68. The number of fused-ring (bicyclic) bond motifs is 3. The van der Waals surface area contributed by atoms with Gasteiger partial charge in [0, 0.05) is 0 Å². The number of halogens is 8. The van der Waals surface area contributed by atoms with Crippen molar-refractivity contribution in [3.05, 3.63) is 47.0 Å². The minimum atomic E-state index is -5.28. The monoisotopic (exact) mass is 496 g/mol. The van der Waals surface area contributed by atoms with E-state index in [2.05, 4.69) is 4.74 Å². The number of hydrogen-bond donors (Lipinski definition) is 1. The smallest absolute Gasteiger partial charge is 0.400 e. The van der Waals surface area contributed by atoms with Crippen LogP contribution in [0.2, 0.25) is 0 Å². The van der Waals surface area contributed by atoms with Gasteiger partial charge < -0.3 is 14.6 Å². The Morgan fingerprint density at radius 3 is 1.82 bits per heavy atom. The van der Waals surface area contributed by atoms with Gasteiger partial charge in [0.1, 0.15) is 0 Å². The zero-order valence-electron chi connectivity index (χ0n) is 17.8. The fraction of sp³-hybridized carbons (Fsp3) is 0.478. The molecule has 2 aromatic rings. The second kappa shape index (κ2) is 8.28. The van der Waals surface area contributed by atoms with Gasteiger partial charge >= 0.3 is 18.0 Å². The van der Waals surface area contributed by atoms with E-state index in [1.807, 2.05) is 0 Å². The zero-order valence-corrected chi connectivity index (χ0v) is 17.8. The summed E-state index contributed by atoms with van der Waals surface area (Å²) in [6, 6.07) is 3.16. The van der Waals surface area contributed by atoms with Crippen LogP contribution in [0.25, 0.3) is 11.1 Å². The molecule has 0 radical (unpaired) electrons. The molecule has 11 heteroatoms. The number of benzene rings is 2. The van der Waals surface area contributed by atoms with Crippen molar-refractivity contribution in [3.63, 3.8) is 0 Å². The summed E-state index contributed by atoms with van der Waals surface area (Å²) in [5, 5.41) is 9.48. The molecule has 1 N–H and O–H groups in total. The molecule has 0 amide bonds. The minimum absolute atomic E-state index is 0.0483. The molecule has 3 nitrogen and oxygen atoms in total. The first-order chi connectivity index (χ1) is 15.8. The fourth-order valence-corrected chi connectivity index (χ4v) is 4.48. The molecule has 0 aromatic heterocycles. The molecule has 0 heterocycles. The first-order valence-electron chi connectivity index (χ1n) is 10.6. The second-order valence-corrected chi connectivity index (χ2v) is 8.35. The Balaban J connectivity index is 1.81. The van der Waals surface area contributed by atoms with Gasteiger partial charge in [-0.3, -0.25) is 0 Å². The maximum absolute atomic E-state index is 15.1. The van der Waals surface area contributed by atoms with Gasteiger partial charge in [0.25, 0.3) is 0 Å². The lowest BCUT2D eigenvalue weighted by Gasteiger charge is -2.36. The molecule has 0 atom stereocenters. The van der Waals surface area contributed by atoms with Crippen molar-refractivity contribution >= 4 is 0 Å². The normalized spacial score (nSPS) is 23.1. The highest BCUT2D eigenvalue weighted by atomic mass is 19.3. The van der Waals surface area contributed by atoms with Crippen molar-refractivity contribution in [2.75, 3.05) is 6.61 Å². The van der Waals surface area contributed by atoms with Gasteiger partial charge in [-0.1, -0.05) is 0 Å². The number of ether oxygens (including phenoxy) is 2. The summed E-state index contributed by atoms with van der Waals surface area (Å²) in [4.78, 5) is 0. The first-order valence-corrected chi connectivity index (χ1v) is 10.6. The molecule has 34 heavy (non-hydrogen) atoms. The van der Waals surface area contributed by atoms with Crippen molar-refractivity contribution in [2.45, 2.75) is 56.7 Å². The van der Waals surface area contributed by atoms with Gasteiger partial charge in [0.15, 0.2) is 23.1 Å². The van der Waals surface area contributed by atoms with Crippen LogP contribution in [0.5, 0.6) is 11.5 Å². The molecular formula is C23H20F8O3. The Morgan fingerprint density at radius 1 is 0.853 bits per heavy atom. The molecule has 1 fully saturated rings. The maximum Gasteiger partial charge on any atom is 0.400 e. The van der Waals surface area contributed by atoms with E-state index >= 15 is 4.39 Å². The minimum Gasteiger partial charge on any atom is -0.491 e. The number of alkyl halides is 6. The predicted octanol–water partition coefficient (Wildman–Crippen LogP) is 6.75. The van der Waals surface area contributed by atoms with Crippen LogP contribution in [0.1, 0.15) is 43.7 Å². The molecule has 2 aliphatic rings. The first kappa shape index (κ1) is 24.6. The van der Waals surface area contributed by atoms with E-state index in [0.717, 1.165) is 18.2 Å². The highest BCUT2D eigenvalue weighted by molar-refractivity contribution is 5.78. The lowest BCUT2D eigenvalue weighted by atomic mass is 9.79. The Hall–Kier alpha value is -2.56. The molecular weight excluding hydrogens is 476 g/mol. The van der Waals surface area contributed by atoms with Crippen LogP contribution in [0, 0.1) is 17.6 Å². The van der Waals surface area contributed by atoms with Crippen LogP contribution < -0.4 is 9.47 Å². The summed E-state index contributed by atoms with van der Waals surface area (Å²) in [7, 11) is 0. The summed E-state index contributed by atoms with van der Waals surface area (Å²) in [5.74, 6) is -17.7. The standard InChI is InChI=1S/C23H20F8O3/c1-2-33-15-9-7-13-14-8-10-16(34-23(30,31)11-3-5-12(32)6-4-11)20(25)18(14)22(28,29)21(26,27)17(13)19(15)24/h7-12,32H,2-6H2,1H3. The van der Waals surface area contributed by atoms with Crippen LogP contribution >= 0.6 is 0 Å². The molecule has 0 saturated heterocycles. The highest BCUT2D eigenvalue weighted by Gasteiger charge is 2.66. The van der Waals surface area contributed by atoms with Gasteiger partial charge in [0.2, 0.25) is 0 Å². The van der Waals surface area contributed by atoms with E-state index in [1.54, 1.807) is 0 Å². The van der Waals surface area contributed by atoms with Crippen molar-refractivity contribution in [2.24, 2.45) is 5.92 Å². The molecule has 1 saturated carbocycles. The van der Waals surface area contributed by atoms with Crippen molar-refractivity contribution < 1.29 is 49.7 Å². The van der Waals surface area contributed by atoms with Gasteiger partial charge in [-0.15, -0.1) is 0 Å². The van der Waals surface area contributed by atoms with Crippen LogP contribution in [0.4, 0.5) is 35.1 Å². The third-order valence-electron chi connectivity index (χ3n) is 6.24. The summed E-state index contributed by atoms with van der Waals surface area (Å²) >= 11 is 0. The quantitative estimate of drug-likeness (QED) is 0.466. The van der Waals surface area contributed by atoms with Gasteiger partial charge in [-0.05, 0) is 68.0 Å². The highest BCUT2D eigenvalue weighted by Crippen LogP contribution is 2.60. The fourth-order valence-electron chi connectivity index (χ4n) is 4.48. The van der Waals surface area contributed by atoms with E-state index < -0.39 is 75.4 Å². The Morgan fingerprint density at radius 2 is 1.32 bits per heavy atom. The van der Waals surface area contributed by atoms with Gasteiger partial charge in [-0.2, -0.15) is 26.3 Å². The van der Waals surface area contributed by atoms with Crippen molar-refractivity contribution in [1.29, 1.82) is 0 Å². The SMILES string of the molecule is CCOc1ccc2c(c1F)C(F)(F)C(F)(F)c1c-2ccc(OC(F)(F)C2CCC(O)CC2)c1F. The van der Waals surface area contributed by atoms with E-state index in [0.29, 0.717) is 6.07 Å². The Bertz CT molecular complexity index is 1090. The largest absolute Gasteiger partial charge is 0.491 e.